The van der Waals surface area contributed by atoms with Gasteiger partial charge in [-0.3, -0.25) is 4.79 Å². The van der Waals surface area contributed by atoms with Gasteiger partial charge in [-0.15, -0.1) is 0 Å². The van der Waals surface area contributed by atoms with Gasteiger partial charge in [0.1, 0.15) is 11.6 Å². The fourth-order valence-electron chi connectivity index (χ4n) is 1.54. The third kappa shape index (κ3) is 3.86. The second kappa shape index (κ2) is 6.25. The van der Waals surface area contributed by atoms with Crippen LogP contribution in [0.15, 0.2) is 42.5 Å². The van der Waals surface area contributed by atoms with Gasteiger partial charge >= 0.3 is 0 Å². The molecule has 0 fully saturated rings. The molecule has 4 nitrogen and oxygen atoms in total. The van der Waals surface area contributed by atoms with E-state index in [9.17, 15) is 9.18 Å². The van der Waals surface area contributed by atoms with Crippen LogP contribution in [0.2, 0.25) is 5.02 Å². The highest BCUT2D eigenvalue weighted by molar-refractivity contribution is 6.31. The van der Waals surface area contributed by atoms with Crippen molar-refractivity contribution >= 4 is 28.9 Å². The third-order valence-corrected chi connectivity index (χ3v) is 2.69. The van der Waals surface area contributed by atoms with E-state index in [0.29, 0.717) is 16.4 Å². The number of carbonyl (C=O) groups is 1. The zero-order valence-electron chi connectivity index (χ0n) is 10.4. The molecule has 2 aromatic carbocycles. The summed E-state index contributed by atoms with van der Waals surface area (Å²) in [6, 6.07) is 10.3. The Morgan fingerprint density at radius 3 is 2.80 bits per heavy atom. The van der Waals surface area contributed by atoms with E-state index < -0.39 is 11.7 Å². The predicted octanol–water partition coefficient (Wildman–Crippen LogP) is 3.08. The predicted molar refractivity (Wildman–Crippen MR) is 76.4 cm³/mol. The lowest BCUT2D eigenvalue weighted by Crippen LogP contribution is -2.20. The Bertz CT molecular complexity index is 634. The van der Waals surface area contributed by atoms with Crippen molar-refractivity contribution in [3.8, 4) is 5.75 Å². The molecule has 0 aromatic heterocycles. The van der Waals surface area contributed by atoms with Crippen molar-refractivity contribution in [1.82, 2.24) is 0 Å². The largest absolute Gasteiger partial charge is 0.484 e. The van der Waals surface area contributed by atoms with E-state index in [1.807, 2.05) is 0 Å². The van der Waals surface area contributed by atoms with Crippen LogP contribution in [0, 0.1) is 5.82 Å². The summed E-state index contributed by atoms with van der Waals surface area (Å²) < 4.78 is 18.1. The number of halogens is 2. The van der Waals surface area contributed by atoms with E-state index in [0.717, 1.165) is 0 Å². The van der Waals surface area contributed by atoms with Crippen molar-refractivity contribution in [3.05, 3.63) is 53.3 Å². The van der Waals surface area contributed by atoms with Crippen LogP contribution in [-0.2, 0) is 4.79 Å². The molecule has 0 aliphatic carbocycles. The zero-order chi connectivity index (χ0) is 14.5. The fourth-order valence-corrected chi connectivity index (χ4v) is 1.72. The van der Waals surface area contributed by atoms with Crippen LogP contribution in [0.4, 0.5) is 15.8 Å². The number of rotatable bonds is 4. The Morgan fingerprint density at radius 1 is 1.30 bits per heavy atom. The van der Waals surface area contributed by atoms with Crippen molar-refractivity contribution in [2.24, 2.45) is 0 Å². The summed E-state index contributed by atoms with van der Waals surface area (Å²) in [6.07, 6.45) is 0. The molecule has 3 N–H and O–H groups in total. The smallest absolute Gasteiger partial charge is 0.262 e. The summed E-state index contributed by atoms with van der Waals surface area (Å²) in [6.45, 7) is -0.245. The molecule has 0 bridgehead atoms. The molecule has 0 saturated carbocycles. The first-order chi connectivity index (χ1) is 9.54. The molecular weight excluding hydrogens is 283 g/mol. The molecule has 0 aliphatic heterocycles. The molecule has 0 aliphatic rings. The van der Waals surface area contributed by atoms with Crippen molar-refractivity contribution in [2.75, 3.05) is 17.7 Å². The summed E-state index contributed by atoms with van der Waals surface area (Å²) in [7, 11) is 0. The van der Waals surface area contributed by atoms with Crippen LogP contribution in [0.1, 0.15) is 0 Å². The van der Waals surface area contributed by atoms with Crippen molar-refractivity contribution in [1.29, 1.82) is 0 Å². The Morgan fingerprint density at radius 2 is 2.10 bits per heavy atom. The topological polar surface area (TPSA) is 64.3 Å². The lowest BCUT2D eigenvalue weighted by Gasteiger charge is -2.09. The Labute approximate surface area is 120 Å². The first-order valence-corrected chi connectivity index (χ1v) is 6.15. The summed E-state index contributed by atoms with van der Waals surface area (Å²) in [5.41, 5.74) is 6.51. The van der Waals surface area contributed by atoms with Gasteiger partial charge in [-0.05, 0) is 30.3 Å². The van der Waals surface area contributed by atoms with Gasteiger partial charge in [-0.2, -0.15) is 0 Å². The van der Waals surface area contributed by atoms with E-state index >= 15 is 0 Å². The van der Waals surface area contributed by atoms with E-state index in [1.165, 1.54) is 24.3 Å². The molecule has 2 aromatic rings. The van der Waals surface area contributed by atoms with E-state index in [2.05, 4.69) is 5.32 Å². The van der Waals surface area contributed by atoms with Gasteiger partial charge in [0.15, 0.2) is 6.61 Å². The summed E-state index contributed by atoms with van der Waals surface area (Å²) in [4.78, 5) is 11.7. The molecule has 0 radical (unpaired) electrons. The highest BCUT2D eigenvalue weighted by Crippen LogP contribution is 2.22. The van der Waals surface area contributed by atoms with Gasteiger partial charge in [0.25, 0.3) is 5.91 Å². The standard InChI is InChI=1S/C14H12ClFN2O2/c15-9-4-5-13(12(17)6-9)18-14(19)8-20-11-3-1-2-10(16)7-11/h1-7H,8,17H2,(H,18,19). The lowest BCUT2D eigenvalue weighted by atomic mass is 10.2. The number of amides is 1. The average Bonchev–Trinajstić information content (AvgIpc) is 2.40. The lowest BCUT2D eigenvalue weighted by molar-refractivity contribution is -0.118. The van der Waals surface area contributed by atoms with Crippen molar-refractivity contribution in [2.45, 2.75) is 0 Å². The van der Waals surface area contributed by atoms with Crippen LogP contribution in [0.5, 0.6) is 5.75 Å². The van der Waals surface area contributed by atoms with E-state index in [1.54, 1.807) is 18.2 Å². The van der Waals surface area contributed by atoms with Gasteiger partial charge in [0, 0.05) is 11.1 Å². The van der Waals surface area contributed by atoms with Crippen LogP contribution < -0.4 is 15.8 Å². The third-order valence-electron chi connectivity index (χ3n) is 2.45. The molecule has 0 atom stereocenters. The fraction of sp³-hybridized carbons (Fsp3) is 0.0714. The minimum Gasteiger partial charge on any atom is -0.484 e. The van der Waals surface area contributed by atoms with Crippen LogP contribution in [0.25, 0.3) is 0 Å². The number of nitrogens with one attached hydrogen (secondary N) is 1. The second-order valence-corrected chi connectivity index (χ2v) is 4.46. The SMILES string of the molecule is Nc1cc(Cl)ccc1NC(=O)COc1cccc(F)c1. The molecule has 104 valence electrons. The molecule has 20 heavy (non-hydrogen) atoms. The number of benzene rings is 2. The molecule has 0 saturated heterocycles. The number of anilines is 2. The number of nitrogen functional groups attached to an aromatic ring is 1. The number of nitrogens with two attached hydrogens (primary N) is 1. The van der Waals surface area contributed by atoms with Crippen molar-refractivity contribution in [3.63, 3.8) is 0 Å². The summed E-state index contributed by atoms with van der Waals surface area (Å²) in [5, 5.41) is 3.06. The highest BCUT2D eigenvalue weighted by atomic mass is 35.5. The van der Waals surface area contributed by atoms with Crippen molar-refractivity contribution < 1.29 is 13.9 Å². The van der Waals surface area contributed by atoms with E-state index in [-0.39, 0.29) is 12.4 Å². The number of ether oxygens (including phenoxy) is 1. The maximum absolute atomic E-state index is 12.9. The number of hydrogen-bond donors (Lipinski definition) is 2. The maximum atomic E-state index is 12.9. The maximum Gasteiger partial charge on any atom is 0.262 e. The molecule has 0 unspecified atom stereocenters. The molecule has 6 heteroatoms. The quantitative estimate of drug-likeness (QED) is 0.852. The monoisotopic (exact) mass is 294 g/mol. The first kappa shape index (κ1) is 14.1. The normalized spacial score (nSPS) is 10.1. The Hall–Kier alpha value is -2.27. The summed E-state index contributed by atoms with van der Waals surface area (Å²) >= 11 is 5.76. The Kier molecular flexibility index (Phi) is 4.42. The van der Waals surface area contributed by atoms with Gasteiger partial charge in [-0.1, -0.05) is 17.7 Å². The van der Waals surface area contributed by atoms with Crippen LogP contribution >= 0.6 is 11.6 Å². The van der Waals surface area contributed by atoms with Crippen LogP contribution in [-0.4, -0.2) is 12.5 Å². The minimum absolute atomic E-state index is 0.245. The van der Waals surface area contributed by atoms with E-state index in [4.69, 9.17) is 22.1 Å². The molecule has 0 heterocycles. The van der Waals surface area contributed by atoms with Gasteiger partial charge in [-0.25, -0.2) is 4.39 Å². The molecular formula is C14H12ClFN2O2. The molecule has 0 spiro atoms. The number of hydrogen-bond acceptors (Lipinski definition) is 3. The average molecular weight is 295 g/mol. The first-order valence-electron chi connectivity index (χ1n) is 5.78. The second-order valence-electron chi connectivity index (χ2n) is 4.03. The Balaban J connectivity index is 1.92. The highest BCUT2D eigenvalue weighted by Gasteiger charge is 2.07. The van der Waals surface area contributed by atoms with Crippen LogP contribution in [0.3, 0.4) is 0 Å². The molecule has 2 rings (SSSR count). The van der Waals surface area contributed by atoms with Gasteiger partial charge in [0.2, 0.25) is 0 Å². The minimum atomic E-state index is -0.426. The molecule has 1 amide bonds. The van der Waals surface area contributed by atoms with Gasteiger partial charge in [0.05, 0.1) is 11.4 Å². The summed E-state index contributed by atoms with van der Waals surface area (Å²) in [5.74, 6) is -0.544. The van der Waals surface area contributed by atoms with Gasteiger partial charge < -0.3 is 15.8 Å². The zero-order valence-corrected chi connectivity index (χ0v) is 11.2. The number of carbonyl (C=O) groups excluding carboxylic acids is 1.